The van der Waals surface area contributed by atoms with Crippen LogP contribution in [0.5, 0.6) is 5.75 Å². The number of nitrogens with zero attached hydrogens (tertiary/aromatic N) is 3. The standard InChI is InChI=1S/C27H25F3N4O5S/c1-16(27(28,29)30)32-14-34(22-18-8-4-3-7-17(18)13-40-21-10-6-5-9-19(21)22)33-12-11-20(35)24(23(33)25(32)36)38-15-39-26(37)31-2/h3-12,16,22H,13-15H2,1-2H3,(H,31,37)/t16-,22+/m1/s1. The summed E-state index contributed by atoms with van der Waals surface area (Å²) >= 11 is 1.61. The van der Waals surface area contributed by atoms with E-state index < -0.39 is 60.6 Å². The van der Waals surface area contributed by atoms with Gasteiger partial charge in [0.15, 0.2) is 5.69 Å². The number of nitrogens with one attached hydrogen (secondary N) is 1. The minimum atomic E-state index is -4.74. The topological polar surface area (TPSA) is 93.1 Å². The van der Waals surface area contributed by atoms with E-state index in [-0.39, 0.29) is 0 Å². The van der Waals surface area contributed by atoms with E-state index >= 15 is 0 Å². The smallest absolute Gasteiger partial charge is 0.409 e. The third-order valence-corrected chi connectivity index (χ3v) is 7.99. The number of carbonyl (C=O) groups is 2. The number of rotatable bonds is 5. The van der Waals surface area contributed by atoms with Crippen LogP contribution in [0.15, 0.2) is 70.5 Å². The summed E-state index contributed by atoms with van der Waals surface area (Å²) < 4.78 is 53.7. The van der Waals surface area contributed by atoms with Crippen molar-refractivity contribution >= 4 is 23.8 Å². The van der Waals surface area contributed by atoms with E-state index in [9.17, 15) is 27.6 Å². The summed E-state index contributed by atoms with van der Waals surface area (Å²) in [5, 5.41) is 3.83. The number of hydrogen-bond acceptors (Lipinski definition) is 7. The van der Waals surface area contributed by atoms with Gasteiger partial charge in [0.05, 0.1) is 6.04 Å². The predicted octanol–water partition coefficient (Wildman–Crippen LogP) is 4.24. The summed E-state index contributed by atoms with van der Waals surface area (Å²) in [5.74, 6) is -0.926. The number of halogens is 3. The Morgan fingerprint density at radius 3 is 2.52 bits per heavy atom. The van der Waals surface area contributed by atoms with Gasteiger partial charge in [0, 0.05) is 30.0 Å². The summed E-state index contributed by atoms with van der Waals surface area (Å²) in [6, 6.07) is 13.6. The molecular weight excluding hydrogens is 549 g/mol. The van der Waals surface area contributed by atoms with Crippen LogP contribution in [0.25, 0.3) is 0 Å². The average molecular weight is 575 g/mol. The van der Waals surface area contributed by atoms with Crippen molar-refractivity contribution in [2.45, 2.75) is 35.8 Å². The summed E-state index contributed by atoms with van der Waals surface area (Å²) in [7, 11) is 1.32. The molecule has 40 heavy (non-hydrogen) atoms. The molecule has 3 aromatic rings. The highest BCUT2D eigenvalue weighted by Gasteiger charge is 2.47. The number of alkyl halides is 3. The molecule has 0 bridgehead atoms. The number of benzene rings is 2. The Morgan fingerprint density at radius 2 is 1.80 bits per heavy atom. The molecule has 0 fully saturated rings. The monoisotopic (exact) mass is 574 g/mol. The fourth-order valence-corrected chi connectivity index (χ4v) is 5.89. The molecule has 2 amide bonds. The molecule has 0 saturated heterocycles. The van der Waals surface area contributed by atoms with Crippen molar-refractivity contribution in [2.24, 2.45) is 0 Å². The fourth-order valence-electron chi connectivity index (χ4n) is 4.79. The van der Waals surface area contributed by atoms with Gasteiger partial charge < -0.3 is 19.7 Å². The van der Waals surface area contributed by atoms with Gasteiger partial charge in [0.25, 0.3) is 5.91 Å². The Bertz CT molecular complexity index is 1460. The van der Waals surface area contributed by atoms with Crippen LogP contribution in [0.4, 0.5) is 18.0 Å². The summed E-state index contributed by atoms with van der Waals surface area (Å²) in [6.07, 6.45) is -4.24. The predicted molar refractivity (Wildman–Crippen MR) is 141 cm³/mol. The summed E-state index contributed by atoms with van der Waals surface area (Å²) in [4.78, 5) is 39.7. The Morgan fingerprint density at radius 1 is 1.10 bits per heavy atom. The van der Waals surface area contributed by atoms with Crippen LogP contribution in [0.2, 0.25) is 0 Å². The highest BCUT2D eigenvalue weighted by atomic mass is 32.2. The summed E-state index contributed by atoms with van der Waals surface area (Å²) in [5.41, 5.74) is 1.52. The first-order chi connectivity index (χ1) is 19.1. The second-order valence-corrected chi connectivity index (χ2v) is 10.2. The van der Waals surface area contributed by atoms with Crippen LogP contribution in [0.1, 0.15) is 40.1 Å². The lowest BCUT2D eigenvalue weighted by Gasteiger charge is -2.46. The first-order valence-electron chi connectivity index (χ1n) is 12.3. The van der Waals surface area contributed by atoms with E-state index in [0.717, 1.165) is 34.6 Å². The van der Waals surface area contributed by atoms with Gasteiger partial charge in [0.1, 0.15) is 12.7 Å². The molecule has 0 unspecified atom stereocenters. The zero-order chi connectivity index (χ0) is 28.6. The van der Waals surface area contributed by atoms with Crippen molar-refractivity contribution in [3.05, 3.63) is 93.4 Å². The number of carbonyl (C=O) groups excluding carboxylic acids is 2. The first kappa shape index (κ1) is 27.4. The van der Waals surface area contributed by atoms with Gasteiger partial charge in [-0.3, -0.25) is 19.3 Å². The normalized spacial score (nSPS) is 17.2. The number of amides is 2. The molecule has 9 nitrogen and oxygen atoms in total. The number of fused-ring (bicyclic) bond motifs is 3. The van der Waals surface area contributed by atoms with Gasteiger partial charge in [-0.05, 0) is 29.7 Å². The lowest BCUT2D eigenvalue weighted by atomic mass is 9.94. The van der Waals surface area contributed by atoms with Gasteiger partial charge in [-0.25, -0.2) is 4.79 Å². The number of thioether (sulfide) groups is 1. The molecule has 2 atom stereocenters. The van der Waals surface area contributed by atoms with Crippen molar-refractivity contribution in [1.82, 2.24) is 14.9 Å². The van der Waals surface area contributed by atoms with Crippen LogP contribution < -0.4 is 20.5 Å². The third-order valence-electron chi connectivity index (χ3n) is 6.86. The maximum atomic E-state index is 14.0. The molecule has 2 aliphatic rings. The zero-order valence-corrected chi connectivity index (χ0v) is 22.3. The third kappa shape index (κ3) is 4.96. The van der Waals surface area contributed by atoms with E-state index in [4.69, 9.17) is 9.47 Å². The van der Waals surface area contributed by atoms with Gasteiger partial charge >= 0.3 is 12.3 Å². The van der Waals surface area contributed by atoms with Crippen LogP contribution in [-0.2, 0) is 10.5 Å². The molecular formula is C27H25F3N4O5S. The highest BCUT2D eigenvalue weighted by molar-refractivity contribution is 7.98. The van der Waals surface area contributed by atoms with Crippen molar-refractivity contribution in [2.75, 3.05) is 25.5 Å². The second-order valence-electron chi connectivity index (χ2n) is 9.15. The highest BCUT2D eigenvalue weighted by Crippen LogP contribution is 2.43. The Balaban J connectivity index is 1.71. The SMILES string of the molecule is CNC(=O)OCOc1c2n(ccc1=O)N([C@H]1c3ccccc3CSc3ccccc31)CN([C@H](C)C(F)(F)F)C2=O. The number of ether oxygens (including phenoxy) is 2. The van der Waals surface area contributed by atoms with Crippen molar-refractivity contribution < 1.29 is 32.2 Å². The molecule has 13 heteroatoms. The zero-order valence-electron chi connectivity index (χ0n) is 21.5. The van der Waals surface area contributed by atoms with Gasteiger partial charge in [0.2, 0.25) is 18.0 Å². The largest absolute Gasteiger partial charge is 0.451 e. The Hall–Kier alpha value is -4.13. The molecule has 5 rings (SSSR count). The van der Waals surface area contributed by atoms with E-state index in [0.29, 0.717) is 10.7 Å². The Kier molecular flexibility index (Phi) is 7.41. The number of alkyl carbamates (subject to hydrolysis) is 1. The average Bonchev–Trinajstić information content (AvgIpc) is 3.10. The van der Waals surface area contributed by atoms with Crippen LogP contribution in [-0.4, -0.2) is 54.3 Å². The van der Waals surface area contributed by atoms with E-state index in [1.807, 2.05) is 48.5 Å². The lowest BCUT2D eigenvalue weighted by molar-refractivity contribution is -0.173. The van der Waals surface area contributed by atoms with Crippen molar-refractivity contribution in [3.8, 4) is 5.75 Å². The molecule has 0 aliphatic carbocycles. The van der Waals surface area contributed by atoms with Crippen LogP contribution >= 0.6 is 11.8 Å². The minimum absolute atomic E-state index is 0.401. The van der Waals surface area contributed by atoms with Gasteiger partial charge in [-0.2, -0.15) is 13.2 Å². The van der Waals surface area contributed by atoms with Crippen LogP contribution in [0.3, 0.4) is 0 Å². The minimum Gasteiger partial charge on any atom is -0.451 e. The number of hydrogen-bond donors (Lipinski definition) is 1. The van der Waals surface area contributed by atoms with Crippen LogP contribution in [0, 0.1) is 0 Å². The van der Waals surface area contributed by atoms with Gasteiger partial charge in [-0.15, -0.1) is 11.8 Å². The van der Waals surface area contributed by atoms with E-state index in [1.165, 1.54) is 17.9 Å². The van der Waals surface area contributed by atoms with Gasteiger partial charge in [-0.1, -0.05) is 42.5 Å². The molecule has 0 spiro atoms. The lowest BCUT2D eigenvalue weighted by Crippen LogP contribution is -2.60. The molecule has 3 heterocycles. The van der Waals surface area contributed by atoms with Crippen molar-refractivity contribution in [1.29, 1.82) is 0 Å². The summed E-state index contributed by atoms with van der Waals surface area (Å²) in [6.45, 7) is -0.270. The molecule has 0 radical (unpaired) electrons. The maximum absolute atomic E-state index is 14.0. The molecule has 1 N–H and O–H groups in total. The molecule has 2 aromatic carbocycles. The number of pyridine rings is 1. The fraction of sp³-hybridized carbons (Fsp3) is 0.296. The van der Waals surface area contributed by atoms with E-state index in [2.05, 4.69) is 5.32 Å². The molecule has 2 aliphatic heterocycles. The first-order valence-corrected chi connectivity index (χ1v) is 13.3. The quantitative estimate of drug-likeness (QED) is 0.456. The van der Waals surface area contributed by atoms with E-state index in [1.54, 1.807) is 16.8 Å². The number of aromatic nitrogens is 1. The van der Waals surface area contributed by atoms with Crippen molar-refractivity contribution in [3.63, 3.8) is 0 Å². The second kappa shape index (κ2) is 10.8. The molecule has 0 saturated carbocycles. The maximum Gasteiger partial charge on any atom is 0.409 e. The molecule has 210 valence electrons. The Labute approximate surface area is 231 Å². The molecule has 1 aromatic heterocycles.